The summed E-state index contributed by atoms with van der Waals surface area (Å²) in [5, 5.41) is 13.5. The van der Waals surface area contributed by atoms with Crippen molar-refractivity contribution in [3.8, 4) is 34.3 Å². The number of nitrogens with one attached hydrogen (secondary N) is 1. The number of amides is 1. The highest BCUT2D eigenvalue weighted by Crippen LogP contribution is 2.37. The minimum Gasteiger partial charge on any atom is -0.493 e. The van der Waals surface area contributed by atoms with Crippen molar-refractivity contribution < 1.29 is 19.0 Å². The van der Waals surface area contributed by atoms with Crippen LogP contribution in [0, 0.1) is 6.92 Å². The average Bonchev–Trinajstić information content (AvgIpc) is 3.36. The molecule has 1 heterocycles. The van der Waals surface area contributed by atoms with E-state index in [0.29, 0.717) is 33.8 Å². The summed E-state index contributed by atoms with van der Waals surface area (Å²) in [4.78, 5) is 12.5. The highest BCUT2D eigenvalue weighted by Gasteiger charge is 2.17. The van der Waals surface area contributed by atoms with Crippen molar-refractivity contribution in [2.24, 2.45) is 5.10 Å². The van der Waals surface area contributed by atoms with Crippen LogP contribution in [0.4, 0.5) is 0 Å². The molecule has 1 aromatic heterocycles. The molecule has 0 saturated heterocycles. The molecule has 0 atom stereocenters. The maximum Gasteiger partial charge on any atom is 0.250 e. The lowest BCUT2D eigenvalue weighted by atomic mass is 10.1. The van der Waals surface area contributed by atoms with Gasteiger partial charge in [0, 0.05) is 16.8 Å². The van der Waals surface area contributed by atoms with Crippen LogP contribution in [0.25, 0.3) is 17.1 Å². The van der Waals surface area contributed by atoms with Crippen LogP contribution in [0.1, 0.15) is 11.1 Å². The summed E-state index contributed by atoms with van der Waals surface area (Å²) in [6, 6.07) is 21.4. The maximum atomic E-state index is 12.5. The van der Waals surface area contributed by atoms with Crippen molar-refractivity contribution in [3.63, 3.8) is 0 Å². The van der Waals surface area contributed by atoms with Gasteiger partial charge in [-0.15, -0.1) is 10.2 Å². The van der Waals surface area contributed by atoms with E-state index in [1.165, 1.54) is 39.3 Å². The Kier molecular flexibility index (Phi) is 8.42. The van der Waals surface area contributed by atoms with E-state index < -0.39 is 0 Å². The van der Waals surface area contributed by atoms with E-state index in [0.717, 1.165) is 16.8 Å². The van der Waals surface area contributed by atoms with Crippen molar-refractivity contribution in [3.05, 3.63) is 77.9 Å². The summed E-state index contributed by atoms with van der Waals surface area (Å²) in [5.41, 5.74) is 6.23. The van der Waals surface area contributed by atoms with E-state index in [9.17, 15) is 4.79 Å². The van der Waals surface area contributed by atoms with E-state index in [4.69, 9.17) is 14.2 Å². The number of ether oxygens (including phenoxy) is 3. The minimum absolute atomic E-state index is 0.103. The second kappa shape index (κ2) is 12.1. The van der Waals surface area contributed by atoms with Gasteiger partial charge in [0.15, 0.2) is 22.5 Å². The fraction of sp³-hybridized carbons (Fsp3) is 0.185. The molecule has 0 aliphatic rings. The van der Waals surface area contributed by atoms with E-state index in [-0.39, 0.29) is 11.7 Å². The Balaban J connectivity index is 1.47. The van der Waals surface area contributed by atoms with Gasteiger partial charge in [0.2, 0.25) is 5.75 Å². The van der Waals surface area contributed by atoms with Gasteiger partial charge in [-0.25, -0.2) is 5.43 Å². The van der Waals surface area contributed by atoms with Crippen LogP contribution in [0.3, 0.4) is 0 Å². The Bertz CT molecular complexity index is 1360. The molecule has 0 fully saturated rings. The lowest BCUT2D eigenvalue weighted by Gasteiger charge is -2.12. The van der Waals surface area contributed by atoms with Crippen LogP contribution >= 0.6 is 11.8 Å². The Morgan fingerprint density at radius 3 is 2.27 bits per heavy atom. The third-order valence-corrected chi connectivity index (χ3v) is 6.31. The molecule has 4 rings (SSSR count). The first-order valence-corrected chi connectivity index (χ1v) is 12.3. The molecule has 0 radical (unpaired) electrons. The van der Waals surface area contributed by atoms with Gasteiger partial charge in [0.05, 0.1) is 33.3 Å². The SMILES string of the molecule is COc1cc(/C=N/NC(=O)CSc2nnc(-c3ccc(C)cc3)n2-c2ccccc2)cc(OC)c1OC. The predicted molar refractivity (Wildman–Crippen MR) is 144 cm³/mol. The van der Waals surface area contributed by atoms with Crippen molar-refractivity contribution in [1.29, 1.82) is 0 Å². The van der Waals surface area contributed by atoms with Gasteiger partial charge in [-0.2, -0.15) is 5.10 Å². The molecule has 3 aromatic carbocycles. The highest BCUT2D eigenvalue weighted by molar-refractivity contribution is 7.99. The molecule has 10 heteroatoms. The van der Waals surface area contributed by atoms with Crippen LogP contribution in [-0.2, 0) is 4.79 Å². The highest BCUT2D eigenvalue weighted by atomic mass is 32.2. The van der Waals surface area contributed by atoms with Crippen LogP contribution in [0.5, 0.6) is 17.2 Å². The fourth-order valence-corrected chi connectivity index (χ4v) is 4.32. The molecule has 0 bridgehead atoms. The maximum absolute atomic E-state index is 12.5. The first kappa shape index (κ1) is 25.8. The molecule has 190 valence electrons. The summed E-state index contributed by atoms with van der Waals surface area (Å²) in [6.07, 6.45) is 1.51. The number of hydrazone groups is 1. The van der Waals surface area contributed by atoms with Gasteiger partial charge in [-0.1, -0.05) is 59.8 Å². The topological polar surface area (TPSA) is 99.9 Å². The van der Waals surface area contributed by atoms with Crippen molar-refractivity contribution in [2.75, 3.05) is 27.1 Å². The number of methoxy groups -OCH3 is 3. The number of thioether (sulfide) groups is 1. The Morgan fingerprint density at radius 1 is 0.973 bits per heavy atom. The van der Waals surface area contributed by atoms with Gasteiger partial charge in [-0.3, -0.25) is 9.36 Å². The van der Waals surface area contributed by atoms with Crippen LogP contribution in [-0.4, -0.2) is 54.0 Å². The lowest BCUT2D eigenvalue weighted by Crippen LogP contribution is -2.20. The third kappa shape index (κ3) is 6.10. The van der Waals surface area contributed by atoms with E-state index >= 15 is 0 Å². The number of rotatable bonds is 10. The molecular formula is C27H27N5O4S. The van der Waals surface area contributed by atoms with Crippen molar-refractivity contribution in [1.82, 2.24) is 20.2 Å². The fourth-order valence-electron chi connectivity index (χ4n) is 3.58. The number of nitrogens with zero attached hydrogens (tertiary/aromatic N) is 4. The molecule has 0 spiro atoms. The summed E-state index contributed by atoms with van der Waals surface area (Å²) in [6.45, 7) is 2.04. The third-order valence-electron chi connectivity index (χ3n) is 5.38. The lowest BCUT2D eigenvalue weighted by molar-refractivity contribution is -0.118. The normalized spacial score (nSPS) is 10.9. The number of benzene rings is 3. The molecular weight excluding hydrogens is 490 g/mol. The van der Waals surface area contributed by atoms with Crippen molar-refractivity contribution >= 4 is 23.9 Å². The van der Waals surface area contributed by atoms with E-state index in [2.05, 4.69) is 20.7 Å². The first-order valence-electron chi connectivity index (χ1n) is 11.4. The van der Waals surface area contributed by atoms with Gasteiger partial charge >= 0.3 is 0 Å². The Morgan fingerprint density at radius 2 is 1.65 bits per heavy atom. The first-order chi connectivity index (χ1) is 18.0. The Hall–Kier alpha value is -4.31. The second-order valence-corrected chi connectivity index (χ2v) is 8.83. The monoisotopic (exact) mass is 517 g/mol. The molecule has 0 aliphatic carbocycles. The van der Waals surface area contributed by atoms with Crippen LogP contribution in [0.2, 0.25) is 0 Å². The zero-order valence-electron chi connectivity index (χ0n) is 21.0. The van der Waals surface area contributed by atoms with Gasteiger partial charge in [0.1, 0.15) is 0 Å². The van der Waals surface area contributed by atoms with Gasteiger partial charge < -0.3 is 14.2 Å². The number of aromatic nitrogens is 3. The number of carbonyl (C=O) groups is 1. The molecule has 9 nitrogen and oxygen atoms in total. The quantitative estimate of drug-likeness (QED) is 0.188. The van der Waals surface area contributed by atoms with E-state index in [1.807, 2.05) is 66.1 Å². The summed E-state index contributed by atoms with van der Waals surface area (Å²) >= 11 is 1.28. The molecule has 4 aromatic rings. The molecule has 0 aliphatic heterocycles. The largest absolute Gasteiger partial charge is 0.493 e. The molecule has 0 unspecified atom stereocenters. The number of aryl methyl sites for hydroxylation is 1. The van der Waals surface area contributed by atoms with Crippen LogP contribution < -0.4 is 19.6 Å². The summed E-state index contributed by atoms with van der Waals surface area (Å²) in [7, 11) is 4.61. The number of para-hydroxylation sites is 1. The van der Waals surface area contributed by atoms with Gasteiger partial charge in [0.25, 0.3) is 5.91 Å². The number of hydrogen-bond donors (Lipinski definition) is 1. The van der Waals surface area contributed by atoms with Crippen molar-refractivity contribution in [2.45, 2.75) is 12.1 Å². The zero-order valence-corrected chi connectivity index (χ0v) is 21.8. The summed E-state index contributed by atoms with van der Waals surface area (Å²) in [5.74, 6) is 1.99. The minimum atomic E-state index is -0.284. The zero-order chi connectivity index (χ0) is 26.2. The van der Waals surface area contributed by atoms with E-state index in [1.54, 1.807) is 12.1 Å². The summed E-state index contributed by atoms with van der Waals surface area (Å²) < 4.78 is 18.0. The number of hydrogen-bond acceptors (Lipinski definition) is 8. The molecule has 0 saturated carbocycles. The molecule has 1 amide bonds. The average molecular weight is 518 g/mol. The Labute approximate surface area is 219 Å². The molecule has 1 N–H and O–H groups in total. The second-order valence-electron chi connectivity index (χ2n) is 7.88. The predicted octanol–water partition coefficient (Wildman–Crippen LogP) is 4.51. The smallest absolute Gasteiger partial charge is 0.250 e. The number of carbonyl (C=O) groups excluding carboxylic acids is 1. The standard InChI is InChI=1S/C27H27N5O4S/c1-18-10-12-20(13-11-18)26-30-31-27(32(26)21-8-6-5-7-9-21)37-17-24(33)29-28-16-19-14-22(34-2)25(36-4)23(15-19)35-3/h5-16H,17H2,1-4H3,(H,29,33)/b28-16+. The van der Waals surface area contributed by atoms with Gasteiger partial charge in [-0.05, 0) is 31.2 Å². The van der Waals surface area contributed by atoms with Crippen LogP contribution in [0.15, 0.2) is 77.0 Å². The molecule has 37 heavy (non-hydrogen) atoms.